The molecule has 0 aliphatic carbocycles. The third-order valence-electron chi connectivity index (χ3n) is 5.66. The van der Waals surface area contributed by atoms with Gasteiger partial charge in [-0.2, -0.15) is 0 Å². The van der Waals surface area contributed by atoms with Gasteiger partial charge in [-0.05, 0) is 54.7 Å². The van der Waals surface area contributed by atoms with Gasteiger partial charge in [-0.3, -0.25) is 4.79 Å². The average molecular weight is 458 g/mol. The Labute approximate surface area is 194 Å². The molecular weight excluding hydrogens is 426 g/mol. The van der Waals surface area contributed by atoms with Gasteiger partial charge < -0.3 is 29.0 Å². The molecule has 1 saturated heterocycles. The van der Waals surface area contributed by atoms with Crippen molar-refractivity contribution in [3.05, 3.63) is 47.5 Å². The van der Waals surface area contributed by atoms with E-state index in [4.69, 9.17) is 23.7 Å². The number of carbonyl (C=O) groups excluding carboxylic acids is 2. The number of carbonyl (C=O) groups is 2. The summed E-state index contributed by atoms with van der Waals surface area (Å²) >= 11 is 0. The number of methoxy groups -OCH3 is 3. The monoisotopic (exact) mass is 457 g/mol. The highest BCUT2D eigenvalue weighted by atomic mass is 16.6. The van der Waals surface area contributed by atoms with Crippen LogP contribution in [0.4, 0.5) is 4.79 Å². The van der Waals surface area contributed by atoms with Gasteiger partial charge in [0.25, 0.3) is 0 Å². The largest absolute Gasteiger partial charge is 0.493 e. The number of rotatable bonds is 10. The number of nitrogens with one attached hydrogen (secondary N) is 1. The standard InChI is InChI=1S/C25H31NO7/c1-5-10-26-25(28)33-21-9-7-17(14-23(21)31-4)12-19-18(15-32-24(19)27)11-16-6-8-20(29-2)22(13-16)30-3/h6-9,13-14,18-19H,5,10-12,15H2,1-4H3,(H,26,28)/t18-,19+/m0/s1. The minimum absolute atomic E-state index is 0.0253. The van der Waals surface area contributed by atoms with Crippen molar-refractivity contribution in [2.24, 2.45) is 11.8 Å². The Bertz CT molecular complexity index is 975. The van der Waals surface area contributed by atoms with Gasteiger partial charge in [0.05, 0.1) is 33.9 Å². The predicted molar refractivity (Wildman–Crippen MR) is 122 cm³/mol. The Morgan fingerprint density at radius 2 is 1.55 bits per heavy atom. The molecule has 2 atom stereocenters. The Hall–Kier alpha value is -3.42. The van der Waals surface area contributed by atoms with Crippen LogP contribution >= 0.6 is 0 Å². The molecule has 1 heterocycles. The van der Waals surface area contributed by atoms with Crippen LogP contribution in [-0.2, 0) is 22.4 Å². The highest BCUT2D eigenvalue weighted by molar-refractivity contribution is 5.75. The van der Waals surface area contributed by atoms with E-state index in [9.17, 15) is 9.59 Å². The molecule has 0 spiro atoms. The second-order valence-corrected chi connectivity index (χ2v) is 7.90. The van der Waals surface area contributed by atoms with E-state index in [0.29, 0.717) is 49.0 Å². The highest BCUT2D eigenvalue weighted by Crippen LogP contribution is 2.35. The molecule has 8 nitrogen and oxygen atoms in total. The Kier molecular flexibility index (Phi) is 8.40. The summed E-state index contributed by atoms with van der Waals surface area (Å²) in [5, 5.41) is 2.66. The number of hydrogen-bond acceptors (Lipinski definition) is 7. The van der Waals surface area contributed by atoms with Crippen LogP contribution in [0.3, 0.4) is 0 Å². The van der Waals surface area contributed by atoms with Gasteiger partial charge >= 0.3 is 12.1 Å². The van der Waals surface area contributed by atoms with Crippen molar-refractivity contribution in [1.29, 1.82) is 0 Å². The maximum Gasteiger partial charge on any atom is 0.412 e. The van der Waals surface area contributed by atoms with Crippen molar-refractivity contribution >= 4 is 12.1 Å². The van der Waals surface area contributed by atoms with E-state index in [1.54, 1.807) is 26.4 Å². The zero-order valence-corrected chi connectivity index (χ0v) is 19.5. The fourth-order valence-electron chi connectivity index (χ4n) is 3.91. The van der Waals surface area contributed by atoms with E-state index in [1.807, 2.05) is 31.2 Å². The number of benzene rings is 2. The minimum Gasteiger partial charge on any atom is -0.493 e. The van der Waals surface area contributed by atoms with Crippen molar-refractivity contribution in [2.75, 3.05) is 34.5 Å². The summed E-state index contributed by atoms with van der Waals surface area (Å²) in [5.74, 6) is 1.60. The van der Waals surface area contributed by atoms with Crippen molar-refractivity contribution in [3.63, 3.8) is 0 Å². The fraction of sp³-hybridized carbons (Fsp3) is 0.440. The zero-order chi connectivity index (χ0) is 23.8. The Morgan fingerprint density at radius 1 is 0.939 bits per heavy atom. The van der Waals surface area contributed by atoms with Crippen LogP contribution in [0.2, 0.25) is 0 Å². The second kappa shape index (κ2) is 11.4. The molecule has 0 aromatic heterocycles. The first-order chi connectivity index (χ1) is 16.0. The molecule has 1 amide bonds. The van der Waals surface area contributed by atoms with Crippen LogP contribution in [0.15, 0.2) is 36.4 Å². The van der Waals surface area contributed by atoms with E-state index in [1.165, 1.54) is 7.11 Å². The zero-order valence-electron chi connectivity index (χ0n) is 19.5. The van der Waals surface area contributed by atoms with E-state index in [-0.39, 0.29) is 17.8 Å². The first-order valence-electron chi connectivity index (χ1n) is 11.0. The predicted octanol–water partition coefficient (Wildman–Crippen LogP) is 3.79. The molecule has 1 aliphatic heterocycles. The van der Waals surface area contributed by atoms with E-state index in [2.05, 4.69) is 5.32 Å². The number of esters is 1. The Morgan fingerprint density at radius 3 is 2.18 bits per heavy atom. The lowest BCUT2D eigenvalue weighted by Gasteiger charge is -2.17. The molecule has 3 rings (SSSR count). The Balaban J connectivity index is 1.71. The topological polar surface area (TPSA) is 92.3 Å². The van der Waals surface area contributed by atoms with Gasteiger partial charge in [-0.25, -0.2) is 4.79 Å². The first-order valence-corrected chi connectivity index (χ1v) is 11.0. The van der Waals surface area contributed by atoms with Gasteiger partial charge in [-0.1, -0.05) is 19.1 Å². The summed E-state index contributed by atoms with van der Waals surface area (Å²) in [6.45, 7) is 2.86. The SMILES string of the molecule is CCCNC(=O)Oc1ccc(C[C@H]2C(=O)OC[C@@H]2Cc2ccc(OC)c(OC)c2)cc1OC. The quantitative estimate of drug-likeness (QED) is 0.543. The van der Waals surface area contributed by atoms with Crippen LogP contribution in [0.5, 0.6) is 23.0 Å². The van der Waals surface area contributed by atoms with Gasteiger partial charge in [0.15, 0.2) is 23.0 Å². The van der Waals surface area contributed by atoms with Gasteiger partial charge in [0.2, 0.25) is 0 Å². The summed E-state index contributed by atoms with van der Waals surface area (Å²) in [5.41, 5.74) is 1.94. The number of cyclic esters (lactones) is 1. The number of hydrogen-bond donors (Lipinski definition) is 1. The highest BCUT2D eigenvalue weighted by Gasteiger charge is 2.37. The number of amides is 1. The molecule has 2 aromatic carbocycles. The molecule has 1 fully saturated rings. The molecule has 0 radical (unpaired) electrons. The second-order valence-electron chi connectivity index (χ2n) is 7.90. The third kappa shape index (κ3) is 6.09. The summed E-state index contributed by atoms with van der Waals surface area (Å²) < 4.78 is 26.8. The van der Waals surface area contributed by atoms with Crippen LogP contribution in [0.25, 0.3) is 0 Å². The molecule has 1 aliphatic rings. The summed E-state index contributed by atoms with van der Waals surface area (Å²) in [6, 6.07) is 11.1. The van der Waals surface area contributed by atoms with E-state index >= 15 is 0 Å². The van der Waals surface area contributed by atoms with Crippen molar-refractivity contribution < 1.29 is 33.3 Å². The lowest BCUT2D eigenvalue weighted by Crippen LogP contribution is -2.27. The van der Waals surface area contributed by atoms with Crippen molar-refractivity contribution in [1.82, 2.24) is 5.32 Å². The third-order valence-corrected chi connectivity index (χ3v) is 5.66. The molecular formula is C25H31NO7. The maximum absolute atomic E-state index is 12.5. The smallest absolute Gasteiger partial charge is 0.412 e. The van der Waals surface area contributed by atoms with Crippen molar-refractivity contribution in [3.8, 4) is 23.0 Å². The molecule has 178 valence electrons. The average Bonchev–Trinajstić information content (AvgIpc) is 3.17. The molecule has 0 unspecified atom stereocenters. The van der Waals surface area contributed by atoms with E-state index < -0.39 is 6.09 Å². The summed E-state index contributed by atoms with van der Waals surface area (Å²) in [6.07, 6.45) is 1.45. The van der Waals surface area contributed by atoms with Gasteiger partial charge in [0, 0.05) is 12.5 Å². The lowest BCUT2D eigenvalue weighted by atomic mass is 9.85. The maximum atomic E-state index is 12.5. The normalized spacial score (nSPS) is 17.3. The summed E-state index contributed by atoms with van der Waals surface area (Å²) in [4.78, 5) is 24.4. The first kappa shape index (κ1) is 24.2. The van der Waals surface area contributed by atoms with Gasteiger partial charge in [-0.15, -0.1) is 0 Å². The van der Waals surface area contributed by atoms with E-state index in [0.717, 1.165) is 17.5 Å². The van der Waals surface area contributed by atoms with Crippen LogP contribution in [-0.4, -0.2) is 46.5 Å². The number of ether oxygens (including phenoxy) is 5. The lowest BCUT2D eigenvalue weighted by molar-refractivity contribution is -0.141. The van der Waals surface area contributed by atoms with Crippen molar-refractivity contribution in [2.45, 2.75) is 26.2 Å². The van der Waals surface area contributed by atoms with Crippen LogP contribution in [0.1, 0.15) is 24.5 Å². The van der Waals surface area contributed by atoms with Crippen LogP contribution < -0.4 is 24.3 Å². The minimum atomic E-state index is -0.530. The van der Waals surface area contributed by atoms with Gasteiger partial charge in [0.1, 0.15) is 0 Å². The molecule has 1 N–H and O–H groups in total. The van der Waals surface area contributed by atoms with Crippen LogP contribution in [0, 0.1) is 11.8 Å². The molecule has 8 heteroatoms. The summed E-state index contributed by atoms with van der Waals surface area (Å²) in [7, 11) is 4.71. The fourth-order valence-corrected chi connectivity index (χ4v) is 3.91. The molecule has 2 aromatic rings. The molecule has 33 heavy (non-hydrogen) atoms. The molecule has 0 saturated carbocycles. The molecule has 0 bridgehead atoms.